The number of hydrogen-bond acceptors (Lipinski definition) is 8. The minimum atomic E-state index is -0.631. The first-order valence-corrected chi connectivity index (χ1v) is 15.2. The lowest BCUT2D eigenvalue weighted by Crippen LogP contribution is -2.54. The van der Waals surface area contributed by atoms with Crippen LogP contribution in [0.1, 0.15) is 57.9 Å². The van der Waals surface area contributed by atoms with E-state index in [9.17, 15) is 34.0 Å². The molecule has 0 unspecified atom stereocenters. The molecule has 4 fully saturated rings. The average molecular weight is 631 g/mol. The maximum absolute atomic E-state index is 12.7. The Bertz CT molecular complexity index is 1280. The summed E-state index contributed by atoms with van der Waals surface area (Å²) in [5, 5.41) is 13.9. The minimum absolute atomic E-state index is 0.0507. The fourth-order valence-corrected chi connectivity index (χ4v) is 5.79. The number of amides is 8. The molecule has 4 bridgehead atoms. The van der Waals surface area contributed by atoms with Crippen LogP contribution in [-0.2, 0) is 30.6 Å². The van der Waals surface area contributed by atoms with E-state index in [1.54, 1.807) is 13.8 Å². The number of carbonyl (C=O) groups excluding carboxylic acids is 6. The minimum Gasteiger partial charge on any atom is -0.309 e. The number of fused-ring (bicyclic) bond motifs is 4. The van der Waals surface area contributed by atoms with Gasteiger partial charge in [-0.1, -0.05) is 44.2 Å². The van der Waals surface area contributed by atoms with Gasteiger partial charge in [0.05, 0.1) is 12.1 Å². The Balaban J connectivity index is 0.000000215. The standard InChI is InChI=1S/C18H24N4O4.C11H18N4O4/c1-3-16(23)20(2)19-17(24)15-10-9-14-11-21(15)18(25)22(14)26-12-13-7-5-4-6-8-13;1-3-9(16)13(2)12-10(17)8-5-4-7-6-14(8)11(18)15(7)19/h4-8,14-15H,3,9-12H2,1-2H3,(H,19,24);7-8,19H,3-6H2,1-2H3,(H,12,17)/t14-,15+;7-,8+/m11/s1. The highest BCUT2D eigenvalue weighted by atomic mass is 16.7. The fourth-order valence-electron chi connectivity index (χ4n) is 5.79. The van der Waals surface area contributed by atoms with Crippen molar-refractivity contribution >= 4 is 35.7 Å². The molecule has 4 aliphatic rings. The summed E-state index contributed by atoms with van der Waals surface area (Å²) in [6.07, 6.45) is 2.86. The van der Waals surface area contributed by atoms with E-state index in [-0.39, 0.29) is 42.3 Å². The van der Waals surface area contributed by atoms with Crippen LogP contribution in [-0.4, -0.2) is 122 Å². The molecule has 8 amide bonds. The van der Waals surface area contributed by atoms with E-state index >= 15 is 0 Å². The molecule has 0 aliphatic carbocycles. The van der Waals surface area contributed by atoms with Crippen molar-refractivity contribution in [2.45, 2.75) is 83.1 Å². The summed E-state index contributed by atoms with van der Waals surface area (Å²) in [7, 11) is 2.98. The van der Waals surface area contributed by atoms with Gasteiger partial charge in [-0.25, -0.2) is 14.7 Å². The van der Waals surface area contributed by atoms with Gasteiger partial charge < -0.3 is 9.80 Å². The summed E-state index contributed by atoms with van der Waals surface area (Å²) in [6, 6.07) is 7.28. The van der Waals surface area contributed by atoms with Crippen LogP contribution in [0.2, 0.25) is 0 Å². The third-order valence-electron chi connectivity index (χ3n) is 8.39. The molecule has 4 saturated heterocycles. The van der Waals surface area contributed by atoms with Crippen LogP contribution in [0.4, 0.5) is 9.59 Å². The van der Waals surface area contributed by atoms with Crippen molar-refractivity contribution < 1.29 is 38.8 Å². The predicted octanol–water partition coefficient (Wildman–Crippen LogP) is 0.830. The molecule has 0 spiro atoms. The summed E-state index contributed by atoms with van der Waals surface area (Å²) >= 11 is 0. The van der Waals surface area contributed by atoms with Crippen molar-refractivity contribution in [1.29, 1.82) is 0 Å². The number of hydrogen-bond donors (Lipinski definition) is 3. The van der Waals surface area contributed by atoms with Crippen molar-refractivity contribution in [3.63, 3.8) is 0 Å². The Morgan fingerprint density at radius 3 is 1.82 bits per heavy atom. The molecule has 4 heterocycles. The molecule has 16 heteroatoms. The quantitative estimate of drug-likeness (QED) is 0.293. The first kappa shape index (κ1) is 33.5. The first-order valence-electron chi connectivity index (χ1n) is 15.2. The van der Waals surface area contributed by atoms with Crippen LogP contribution < -0.4 is 10.9 Å². The van der Waals surface area contributed by atoms with E-state index in [2.05, 4.69) is 10.9 Å². The van der Waals surface area contributed by atoms with Gasteiger partial charge in [0.1, 0.15) is 18.7 Å². The van der Waals surface area contributed by atoms with Crippen LogP contribution in [0.15, 0.2) is 30.3 Å². The van der Waals surface area contributed by atoms with Gasteiger partial charge in [-0.15, -0.1) is 0 Å². The first-order chi connectivity index (χ1) is 21.5. The van der Waals surface area contributed by atoms with Crippen molar-refractivity contribution in [2.75, 3.05) is 27.2 Å². The van der Waals surface area contributed by atoms with E-state index in [0.29, 0.717) is 56.9 Å². The zero-order valence-corrected chi connectivity index (χ0v) is 26.0. The van der Waals surface area contributed by atoms with Gasteiger partial charge in [-0.3, -0.25) is 50.1 Å². The van der Waals surface area contributed by atoms with E-state index in [1.807, 2.05) is 30.3 Å². The second kappa shape index (κ2) is 14.6. The zero-order valence-electron chi connectivity index (χ0n) is 26.0. The van der Waals surface area contributed by atoms with Crippen LogP contribution in [0.3, 0.4) is 0 Å². The van der Waals surface area contributed by atoms with Crippen LogP contribution in [0.5, 0.6) is 0 Å². The summed E-state index contributed by atoms with van der Waals surface area (Å²) in [6.45, 7) is 4.53. The molecule has 246 valence electrons. The smallest absolute Gasteiger partial charge is 0.309 e. The molecule has 1 aromatic rings. The van der Waals surface area contributed by atoms with E-state index < -0.39 is 24.0 Å². The monoisotopic (exact) mass is 630 g/mol. The normalized spacial score (nSPS) is 23.3. The molecule has 1 aromatic carbocycles. The van der Waals surface area contributed by atoms with Crippen molar-refractivity contribution in [3.8, 4) is 0 Å². The molecule has 0 saturated carbocycles. The molecule has 4 atom stereocenters. The van der Waals surface area contributed by atoms with Crippen molar-refractivity contribution in [1.82, 2.24) is 40.8 Å². The second-order valence-electron chi connectivity index (χ2n) is 11.4. The molecule has 4 aliphatic heterocycles. The van der Waals surface area contributed by atoms with Gasteiger partial charge in [0.15, 0.2) is 0 Å². The number of piperidine rings is 2. The van der Waals surface area contributed by atoms with Gasteiger partial charge >= 0.3 is 12.1 Å². The molecular formula is C29H42N8O8. The number of hydroxylamine groups is 4. The van der Waals surface area contributed by atoms with E-state index in [0.717, 1.165) is 10.6 Å². The molecular weight excluding hydrogens is 588 g/mol. The Morgan fingerprint density at radius 2 is 1.29 bits per heavy atom. The third kappa shape index (κ3) is 7.45. The lowest BCUT2D eigenvalue weighted by Gasteiger charge is -2.30. The number of benzene rings is 1. The molecule has 16 nitrogen and oxygen atoms in total. The lowest BCUT2D eigenvalue weighted by molar-refractivity contribution is -0.142. The number of hydrazine groups is 2. The number of rotatable bonds is 7. The fraction of sp³-hybridized carbons (Fsp3) is 0.586. The molecule has 5 rings (SSSR count). The SMILES string of the molecule is CCC(=O)N(C)NC(=O)[C@@H]1CC[C@@H]2CN1C(=O)N2O.CCC(=O)N(C)NC(=O)[C@@H]1CC[C@@H]2CN1C(=O)N2OCc1ccccc1. The Labute approximate surface area is 261 Å². The highest BCUT2D eigenvalue weighted by molar-refractivity contribution is 5.90. The zero-order chi connectivity index (χ0) is 32.8. The van der Waals surface area contributed by atoms with Gasteiger partial charge in [0.2, 0.25) is 11.8 Å². The highest BCUT2D eigenvalue weighted by Crippen LogP contribution is 2.31. The molecule has 0 aromatic heterocycles. The predicted molar refractivity (Wildman–Crippen MR) is 157 cm³/mol. The highest BCUT2D eigenvalue weighted by Gasteiger charge is 2.48. The van der Waals surface area contributed by atoms with E-state index in [1.165, 1.54) is 34.0 Å². The summed E-state index contributed by atoms with van der Waals surface area (Å²) < 4.78 is 0. The van der Waals surface area contributed by atoms with Gasteiger partial charge in [0, 0.05) is 40.0 Å². The van der Waals surface area contributed by atoms with Gasteiger partial charge in [-0.05, 0) is 31.2 Å². The Morgan fingerprint density at radius 1 is 0.800 bits per heavy atom. The average Bonchev–Trinajstić information content (AvgIpc) is 3.42. The maximum Gasteiger partial charge on any atom is 0.345 e. The number of nitrogens with one attached hydrogen (secondary N) is 2. The maximum atomic E-state index is 12.7. The second-order valence-corrected chi connectivity index (χ2v) is 11.4. The molecule has 3 N–H and O–H groups in total. The van der Waals surface area contributed by atoms with Gasteiger partial charge in [0.25, 0.3) is 11.8 Å². The number of nitrogens with zero attached hydrogens (tertiary/aromatic N) is 6. The van der Waals surface area contributed by atoms with Crippen molar-refractivity contribution in [3.05, 3.63) is 35.9 Å². The largest absolute Gasteiger partial charge is 0.345 e. The lowest BCUT2D eigenvalue weighted by atomic mass is 10.0. The summed E-state index contributed by atoms with van der Waals surface area (Å²) in [5.74, 6) is -1.14. The Kier molecular flexibility index (Phi) is 10.8. The Hall–Kier alpha value is -4.44. The van der Waals surface area contributed by atoms with Crippen LogP contribution in [0.25, 0.3) is 0 Å². The molecule has 0 radical (unpaired) electrons. The number of urea groups is 2. The summed E-state index contributed by atoms with van der Waals surface area (Å²) in [4.78, 5) is 80.6. The van der Waals surface area contributed by atoms with E-state index in [4.69, 9.17) is 4.84 Å². The summed E-state index contributed by atoms with van der Waals surface area (Å²) in [5.41, 5.74) is 6.01. The third-order valence-corrected chi connectivity index (χ3v) is 8.39. The van der Waals surface area contributed by atoms with Gasteiger partial charge in [-0.2, -0.15) is 5.06 Å². The van der Waals surface area contributed by atoms with Crippen LogP contribution in [0, 0.1) is 0 Å². The molecule has 45 heavy (non-hydrogen) atoms. The van der Waals surface area contributed by atoms with Crippen LogP contribution >= 0.6 is 0 Å². The van der Waals surface area contributed by atoms with Crippen molar-refractivity contribution in [2.24, 2.45) is 0 Å². The number of carbonyl (C=O) groups is 6. The topological polar surface area (TPSA) is 175 Å².